The Morgan fingerprint density at radius 3 is 2.48 bits per heavy atom. The monoisotopic (exact) mass is 293 g/mol. The standard InChI is InChI=1S/C15H23N3O3/c1-15(2,3)18-9-8-16-12(13(18)19)17-11-6-4-10(5-7-11)14(20)21/h8-11H,4-7H2,1-3H3,(H,16,17)(H,20,21). The summed E-state index contributed by atoms with van der Waals surface area (Å²) < 4.78 is 1.66. The van der Waals surface area contributed by atoms with Crippen molar-refractivity contribution in [3.05, 3.63) is 22.7 Å². The molecule has 1 aromatic rings. The summed E-state index contributed by atoms with van der Waals surface area (Å²) in [7, 11) is 0. The third kappa shape index (κ3) is 3.62. The maximum absolute atomic E-state index is 12.4. The normalized spacial score (nSPS) is 22.8. The molecule has 6 heteroatoms. The number of rotatable bonds is 3. The summed E-state index contributed by atoms with van der Waals surface area (Å²) >= 11 is 0. The topological polar surface area (TPSA) is 84.2 Å². The minimum atomic E-state index is -0.721. The maximum Gasteiger partial charge on any atom is 0.306 e. The van der Waals surface area contributed by atoms with Crippen LogP contribution in [-0.2, 0) is 10.3 Å². The number of hydrogen-bond acceptors (Lipinski definition) is 4. The first kappa shape index (κ1) is 15.5. The van der Waals surface area contributed by atoms with Crippen LogP contribution in [0.4, 0.5) is 5.82 Å². The van der Waals surface area contributed by atoms with Crippen molar-refractivity contribution in [3.8, 4) is 0 Å². The van der Waals surface area contributed by atoms with Crippen molar-refractivity contribution in [2.75, 3.05) is 5.32 Å². The van der Waals surface area contributed by atoms with Gasteiger partial charge in [-0.3, -0.25) is 9.59 Å². The highest BCUT2D eigenvalue weighted by Gasteiger charge is 2.27. The Morgan fingerprint density at radius 2 is 1.95 bits per heavy atom. The first-order valence-corrected chi connectivity index (χ1v) is 7.36. The molecule has 0 radical (unpaired) electrons. The fourth-order valence-corrected chi connectivity index (χ4v) is 2.72. The summed E-state index contributed by atoms with van der Waals surface area (Å²) in [5, 5.41) is 12.2. The fraction of sp³-hybridized carbons (Fsp3) is 0.667. The van der Waals surface area contributed by atoms with Gasteiger partial charge in [0.2, 0.25) is 0 Å². The van der Waals surface area contributed by atoms with Crippen molar-refractivity contribution < 1.29 is 9.90 Å². The van der Waals surface area contributed by atoms with E-state index in [1.165, 1.54) is 0 Å². The molecule has 116 valence electrons. The smallest absolute Gasteiger partial charge is 0.306 e. The quantitative estimate of drug-likeness (QED) is 0.891. The van der Waals surface area contributed by atoms with Gasteiger partial charge in [-0.2, -0.15) is 0 Å². The molecule has 2 rings (SSSR count). The first-order valence-electron chi connectivity index (χ1n) is 7.36. The van der Waals surface area contributed by atoms with E-state index in [2.05, 4.69) is 10.3 Å². The molecule has 1 fully saturated rings. The van der Waals surface area contributed by atoms with Crippen LogP contribution in [0.25, 0.3) is 0 Å². The molecule has 0 unspecified atom stereocenters. The summed E-state index contributed by atoms with van der Waals surface area (Å²) in [4.78, 5) is 27.5. The van der Waals surface area contributed by atoms with E-state index in [1.807, 2.05) is 20.8 Å². The molecule has 0 aliphatic heterocycles. The highest BCUT2D eigenvalue weighted by atomic mass is 16.4. The third-order valence-electron chi connectivity index (χ3n) is 3.98. The van der Waals surface area contributed by atoms with Crippen LogP contribution in [0.15, 0.2) is 17.2 Å². The molecule has 1 aliphatic rings. The molecule has 1 aliphatic carbocycles. The second kappa shape index (κ2) is 5.87. The highest BCUT2D eigenvalue weighted by Crippen LogP contribution is 2.25. The van der Waals surface area contributed by atoms with Gasteiger partial charge in [0.05, 0.1) is 5.92 Å². The Morgan fingerprint density at radius 1 is 1.33 bits per heavy atom. The first-order chi connectivity index (χ1) is 9.79. The van der Waals surface area contributed by atoms with Crippen LogP contribution in [0, 0.1) is 5.92 Å². The van der Waals surface area contributed by atoms with Crippen LogP contribution in [-0.4, -0.2) is 26.7 Å². The lowest BCUT2D eigenvalue weighted by Crippen LogP contribution is -2.37. The van der Waals surface area contributed by atoms with E-state index in [1.54, 1.807) is 17.0 Å². The molecule has 1 heterocycles. The van der Waals surface area contributed by atoms with E-state index in [-0.39, 0.29) is 23.1 Å². The van der Waals surface area contributed by atoms with E-state index in [9.17, 15) is 9.59 Å². The number of nitrogens with zero attached hydrogens (tertiary/aromatic N) is 2. The zero-order chi connectivity index (χ0) is 15.6. The van der Waals surface area contributed by atoms with Crippen LogP contribution in [0.3, 0.4) is 0 Å². The van der Waals surface area contributed by atoms with Crippen molar-refractivity contribution in [1.29, 1.82) is 0 Å². The van der Waals surface area contributed by atoms with Crippen molar-refractivity contribution >= 4 is 11.8 Å². The second-order valence-electron chi connectivity index (χ2n) is 6.65. The van der Waals surface area contributed by atoms with Gasteiger partial charge in [0.25, 0.3) is 5.56 Å². The van der Waals surface area contributed by atoms with Crippen molar-refractivity contribution in [1.82, 2.24) is 9.55 Å². The predicted octanol–water partition coefficient (Wildman–Crippen LogP) is 2.05. The van der Waals surface area contributed by atoms with Gasteiger partial charge in [0.15, 0.2) is 5.82 Å². The Bertz CT molecular complexity index is 566. The second-order valence-corrected chi connectivity index (χ2v) is 6.65. The number of carbonyl (C=O) groups is 1. The SMILES string of the molecule is CC(C)(C)n1ccnc(NC2CCC(C(=O)O)CC2)c1=O. The number of aliphatic carboxylic acids is 1. The Balaban J connectivity index is 2.08. The summed E-state index contributed by atoms with van der Waals surface area (Å²) in [5.41, 5.74) is -0.428. The van der Waals surface area contributed by atoms with Crippen molar-refractivity contribution in [2.24, 2.45) is 5.92 Å². The molecular weight excluding hydrogens is 270 g/mol. The molecular formula is C15H23N3O3. The average Bonchev–Trinajstić information content (AvgIpc) is 2.40. The molecule has 0 atom stereocenters. The highest BCUT2D eigenvalue weighted by molar-refractivity contribution is 5.70. The van der Waals surface area contributed by atoms with E-state index < -0.39 is 5.97 Å². The van der Waals surface area contributed by atoms with E-state index >= 15 is 0 Å². The summed E-state index contributed by atoms with van der Waals surface area (Å²) in [5.74, 6) is -0.620. The largest absolute Gasteiger partial charge is 0.481 e. The summed E-state index contributed by atoms with van der Waals surface area (Å²) in [6.45, 7) is 5.91. The van der Waals surface area contributed by atoms with Crippen LogP contribution >= 0.6 is 0 Å². The van der Waals surface area contributed by atoms with Crippen molar-refractivity contribution in [3.63, 3.8) is 0 Å². The van der Waals surface area contributed by atoms with Gasteiger partial charge in [0, 0.05) is 24.0 Å². The lowest BCUT2D eigenvalue weighted by atomic mass is 9.86. The average molecular weight is 293 g/mol. The third-order valence-corrected chi connectivity index (χ3v) is 3.98. The van der Waals surface area contributed by atoms with E-state index in [0.29, 0.717) is 18.7 Å². The molecule has 0 spiro atoms. The number of hydrogen-bond donors (Lipinski definition) is 2. The van der Waals surface area contributed by atoms with Crippen LogP contribution in [0.2, 0.25) is 0 Å². The zero-order valence-electron chi connectivity index (χ0n) is 12.8. The molecule has 0 aromatic carbocycles. The molecule has 21 heavy (non-hydrogen) atoms. The van der Waals surface area contributed by atoms with Gasteiger partial charge < -0.3 is 15.0 Å². The Hall–Kier alpha value is -1.85. The number of nitrogens with one attached hydrogen (secondary N) is 1. The van der Waals surface area contributed by atoms with Gasteiger partial charge >= 0.3 is 5.97 Å². The van der Waals surface area contributed by atoms with Gasteiger partial charge in [-0.1, -0.05) is 0 Å². The molecule has 1 aromatic heterocycles. The van der Waals surface area contributed by atoms with Crippen molar-refractivity contribution in [2.45, 2.75) is 58.0 Å². The number of carboxylic acid groups (broad SMARTS) is 1. The number of anilines is 1. The lowest BCUT2D eigenvalue weighted by molar-refractivity contribution is -0.142. The minimum absolute atomic E-state index is 0.122. The van der Waals surface area contributed by atoms with Crippen LogP contribution < -0.4 is 10.9 Å². The van der Waals surface area contributed by atoms with E-state index in [4.69, 9.17) is 5.11 Å². The number of aromatic nitrogens is 2. The molecule has 0 bridgehead atoms. The van der Waals surface area contributed by atoms with Gasteiger partial charge in [0.1, 0.15) is 0 Å². The molecule has 2 N–H and O–H groups in total. The van der Waals surface area contributed by atoms with Gasteiger partial charge in [-0.25, -0.2) is 4.98 Å². The van der Waals surface area contributed by atoms with Crippen LogP contribution in [0.1, 0.15) is 46.5 Å². The van der Waals surface area contributed by atoms with E-state index in [0.717, 1.165) is 12.8 Å². The molecule has 0 saturated heterocycles. The maximum atomic E-state index is 12.4. The molecule has 0 amide bonds. The summed E-state index contributed by atoms with van der Waals surface area (Å²) in [6.07, 6.45) is 6.11. The van der Waals surface area contributed by atoms with Crippen LogP contribution in [0.5, 0.6) is 0 Å². The predicted molar refractivity (Wildman–Crippen MR) is 80.5 cm³/mol. The number of carboxylic acids is 1. The minimum Gasteiger partial charge on any atom is -0.481 e. The Kier molecular flexibility index (Phi) is 4.34. The van der Waals surface area contributed by atoms with Gasteiger partial charge in [-0.05, 0) is 46.5 Å². The molecule has 6 nitrogen and oxygen atoms in total. The molecule has 1 saturated carbocycles. The lowest BCUT2D eigenvalue weighted by Gasteiger charge is -2.28. The zero-order valence-corrected chi connectivity index (χ0v) is 12.8. The fourth-order valence-electron chi connectivity index (χ4n) is 2.72. The summed E-state index contributed by atoms with van der Waals surface area (Å²) in [6, 6.07) is 0.122. The van der Waals surface area contributed by atoms with Gasteiger partial charge in [-0.15, -0.1) is 0 Å². The Labute approximate surface area is 124 Å².